The normalized spacial score (nSPS) is 12.0. The molecule has 0 spiro atoms. The number of rotatable bonds is 22. The van der Waals surface area contributed by atoms with Crippen molar-refractivity contribution in [2.45, 2.75) is 57.0 Å². The zero-order valence-electron chi connectivity index (χ0n) is 21.3. The largest absolute Gasteiger partial charge is 0.500 e. The van der Waals surface area contributed by atoms with Crippen molar-refractivity contribution >= 4 is 17.6 Å². The number of nitrogens with one attached hydrogen (secondary N) is 1. The molecule has 0 heterocycles. The van der Waals surface area contributed by atoms with Crippen LogP contribution in [-0.2, 0) is 26.6 Å². The molecule has 0 saturated carbocycles. The van der Waals surface area contributed by atoms with Crippen molar-refractivity contribution in [3.63, 3.8) is 0 Å². The van der Waals surface area contributed by atoms with E-state index in [1.165, 1.54) is 19.3 Å². The van der Waals surface area contributed by atoms with E-state index in [0.717, 1.165) is 57.4 Å². The van der Waals surface area contributed by atoms with Gasteiger partial charge in [0.05, 0.1) is 0 Å². The van der Waals surface area contributed by atoms with Gasteiger partial charge in [0, 0.05) is 54.2 Å². The summed E-state index contributed by atoms with van der Waals surface area (Å²) in [6.07, 6.45) is 7.57. The molecule has 7 N–H and O–H groups in total. The molecule has 0 rings (SSSR count). The fourth-order valence-corrected chi connectivity index (χ4v) is 6.74. The molecule has 32 heavy (non-hydrogen) atoms. The summed E-state index contributed by atoms with van der Waals surface area (Å²) in [7, 11) is 3.42. The molecular formula is C20H52N4O6Si2. The van der Waals surface area contributed by atoms with Crippen molar-refractivity contribution in [1.82, 2.24) is 5.32 Å². The predicted octanol–water partition coefficient (Wildman–Crippen LogP) is 1.30. The summed E-state index contributed by atoms with van der Waals surface area (Å²) >= 11 is 0. The second-order valence-electron chi connectivity index (χ2n) is 7.33. The lowest BCUT2D eigenvalue weighted by Gasteiger charge is -2.26. The van der Waals surface area contributed by atoms with E-state index in [1.807, 2.05) is 0 Å². The Kier molecular flexibility index (Phi) is 25.8. The molecule has 196 valence electrons. The molecule has 0 amide bonds. The molecule has 0 saturated heterocycles. The minimum Gasteiger partial charge on any atom is -0.377 e. The zero-order valence-corrected chi connectivity index (χ0v) is 23.3. The maximum atomic E-state index is 5.63. The lowest BCUT2D eigenvalue weighted by atomic mass is 10.2. The van der Waals surface area contributed by atoms with Gasteiger partial charge in [0.2, 0.25) is 0 Å². The molecule has 0 aliphatic carbocycles. The molecule has 0 aliphatic heterocycles. The molecule has 0 bridgehead atoms. The first-order valence-electron chi connectivity index (χ1n) is 11.7. The molecule has 0 fully saturated rings. The van der Waals surface area contributed by atoms with Crippen molar-refractivity contribution in [2.75, 3.05) is 74.9 Å². The van der Waals surface area contributed by atoms with E-state index >= 15 is 0 Å². The summed E-state index contributed by atoms with van der Waals surface area (Å²) < 4.78 is 32.4. The van der Waals surface area contributed by atoms with Gasteiger partial charge in [0.15, 0.2) is 0 Å². The number of hydrogen-bond acceptors (Lipinski definition) is 10. The van der Waals surface area contributed by atoms with Crippen molar-refractivity contribution in [2.24, 2.45) is 17.2 Å². The van der Waals surface area contributed by atoms with Gasteiger partial charge in [-0.05, 0) is 64.8 Å². The van der Waals surface area contributed by atoms with Gasteiger partial charge in [-0.15, -0.1) is 0 Å². The lowest BCUT2D eigenvalue weighted by Crippen LogP contribution is -2.44. The fourth-order valence-electron chi connectivity index (χ4n) is 2.97. The van der Waals surface area contributed by atoms with Gasteiger partial charge < -0.3 is 49.1 Å². The zero-order chi connectivity index (χ0) is 24.6. The van der Waals surface area contributed by atoms with Gasteiger partial charge in [0.1, 0.15) is 0 Å². The molecule has 0 unspecified atom stereocenters. The third-order valence-electron chi connectivity index (χ3n) is 5.06. The van der Waals surface area contributed by atoms with Crippen LogP contribution in [0.2, 0.25) is 12.1 Å². The Morgan fingerprint density at radius 2 is 1.00 bits per heavy atom. The van der Waals surface area contributed by atoms with Crippen LogP contribution in [-0.4, -0.2) is 92.5 Å². The third kappa shape index (κ3) is 17.5. The molecular weight excluding hydrogens is 448 g/mol. The van der Waals surface area contributed by atoms with Crippen LogP contribution in [0.3, 0.4) is 0 Å². The molecule has 0 aliphatic rings. The van der Waals surface area contributed by atoms with E-state index in [-0.39, 0.29) is 0 Å². The Balaban J connectivity index is 0. The van der Waals surface area contributed by atoms with Crippen LogP contribution < -0.4 is 22.5 Å². The molecule has 10 nitrogen and oxygen atoms in total. The monoisotopic (exact) mass is 500 g/mol. The van der Waals surface area contributed by atoms with Gasteiger partial charge in [0.25, 0.3) is 0 Å². The Morgan fingerprint density at radius 1 is 0.531 bits per heavy atom. The third-order valence-corrected chi connectivity index (χ3v) is 10.7. The van der Waals surface area contributed by atoms with Crippen LogP contribution in [0, 0.1) is 0 Å². The first-order valence-corrected chi connectivity index (χ1v) is 15.6. The summed E-state index contributed by atoms with van der Waals surface area (Å²) in [6.45, 7) is 4.71. The topological polar surface area (TPSA) is 145 Å². The SMILES string of the molecule is CO[Si](CCCN)(OC)OCCCN.CO[Si](CCCNCCCCCCN)(OC)OC. The van der Waals surface area contributed by atoms with Crippen LogP contribution in [0.4, 0.5) is 0 Å². The van der Waals surface area contributed by atoms with Crippen molar-refractivity contribution in [3.05, 3.63) is 0 Å². The summed E-state index contributed by atoms with van der Waals surface area (Å²) in [5.41, 5.74) is 16.3. The highest BCUT2D eigenvalue weighted by atomic mass is 28.4. The number of hydrogen-bond donors (Lipinski definition) is 4. The second-order valence-corrected chi connectivity index (χ2v) is 13.4. The predicted molar refractivity (Wildman–Crippen MR) is 134 cm³/mol. The molecule has 0 atom stereocenters. The van der Waals surface area contributed by atoms with E-state index in [1.54, 1.807) is 35.5 Å². The highest BCUT2D eigenvalue weighted by Crippen LogP contribution is 2.16. The van der Waals surface area contributed by atoms with Gasteiger partial charge in [-0.25, -0.2) is 0 Å². The minimum atomic E-state index is -2.44. The molecule has 0 aromatic heterocycles. The summed E-state index contributed by atoms with van der Waals surface area (Å²) in [5.74, 6) is 0. The van der Waals surface area contributed by atoms with E-state index in [4.69, 9.17) is 43.8 Å². The molecule has 12 heteroatoms. The van der Waals surface area contributed by atoms with Crippen molar-refractivity contribution in [3.8, 4) is 0 Å². The van der Waals surface area contributed by atoms with Crippen molar-refractivity contribution < 1.29 is 26.6 Å². The van der Waals surface area contributed by atoms with Crippen LogP contribution in [0.5, 0.6) is 0 Å². The minimum absolute atomic E-state index is 0.592. The maximum absolute atomic E-state index is 5.63. The average molecular weight is 501 g/mol. The van der Waals surface area contributed by atoms with Gasteiger partial charge >= 0.3 is 17.6 Å². The van der Waals surface area contributed by atoms with E-state index in [9.17, 15) is 0 Å². The summed E-state index contributed by atoms with van der Waals surface area (Å²) in [5, 5.41) is 3.43. The van der Waals surface area contributed by atoms with E-state index in [0.29, 0.717) is 19.7 Å². The molecule has 0 radical (unpaired) electrons. The fraction of sp³-hybridized carbons (Fsp3) is 1.00. The van der Waals surface area contributed by atoms with Gasteiger partial charge in [-0.3, -0.25) is 0 Å². The van der Waals surface area contributed by atoms with Crippen LogP contribution >= 0.6 is 0 Å². The first-order chi connectivity index (χ1) is 15.5. The lowest BCUT2D eigenvalue weighted by molar-refractivity contribution is 0.0973. The van der Waals surface area contributed by atoms with Crippen LogP contribution in [0.25, 0.3) is 0 Å². The van der Waals surface area contributed by atoms with E-state index in [2.05, 4.69) is 5.32 Å². The first kappa shape index (κ1) is 34.2. The molecule has 0 aromatic carbocycles. The number of nitrogens with two attached hydrogens (primary N) is 3. The number of unbranched alkanes of at least 4 members (excludes halogenated alkanes) is 3. The van der Waals surface area contributed by atoms with Crippen LogP contribution in [0.15, 0.2) is 0 Å². The van der Waals surface area contributed by atoms with Gasteiger partial charge in [-0.2, -0.15) is 0 Å². The average Bonchev–Trinajstić information content (AvgIpc) is 2.84. The summed E-state index contributed by atoms with van der Waals surface area (Å²) in [6, 6.07) is 1.62. The highest BCUT2D eigenvalue weighted by molar-refractivity contribution is 6.60. The van der Waals surface area contributed by atoms with Gasteiger partial charge in [-0.1, -0.05) is 12.8 Å². The Morgan fingerprint density at radius 3 is 1.50 bits per heavy atom. The second kappa shape index (κ2) is 24.2. The molecule has 0 aromatic rings. The summed E-state index contributed by atoms with van der Waals surface area (Å²) in [4.78, 5) is 0. The Bertz CT molecular complexity index is 374. The Hall–Kier alpha value is 0.0338. The maximum Gasteiger partial charge on any atom is 0.500 e. The standard InChI is InChI=1S/C12H30N2O3Si.C8H22N2O3Si/c1-15-18(16-2,17-3)12-8-11-14-10-7-5-4-6-9-13;1-11-14(12-2,8-4-6-10)13-7-3-5-9/h14H,4-13H2,1-3H3;3-10H2,1-2H3. The van der Waals surface area contributed by atoms with E-state index < -0.39 is 17.6 Å². The Labute approximate surface area is 198 Å². The smallest absolute Gasteiger partial charge is 0.377 e. The highest BCUT2D eigenvalue weighted by Gasteiger charge is 2.38. The van der Waals surface area contributed by atoms with Crippen molar-refractivity contribution in [1.29, 1.82) is 0 Å². The van der Waals surface area contributed by atoms with Crippen LogP contribution in [0.1, 0.15) is 44.9 Å². The quantitative estimate of drug-likeness (QED) is 0.127.